The normalized spacial score (nSPS) is 11.1. The van der Waals surface area contributed by atoms with Crippen LogP contribution in [-0.4, -0.2) is 31.9 Å². The Morgan fingerprint density at radius 3 is 2.78 bits per heavy atom. The smallest absolute Gasteiger partial charge is 0.272 e. The van der Waals surface area contributed by atoms with Crippen LogP contribution in [0, 0.1) is 0 Å². The highest BCUT2D eigenvalue weighted by atomic mass is 16.2. The van der Waals surface area contributed by atoms with Crippen molar-refractivity contribution in [2.75, 3.05) is 0 Å². The number of aromatic nitrogens is 4. The summed E-state index contributed by atoms with van der Waals surface area (Å²) in [5.41, 5.74) is 6.23. The number of pyridine rings is 2. The Hall–Kier alpha value is -3.87. The van der Waals surface area contributed by atoms with Crippen molar-refractivity contribution in [3.63, 3.8) is 0 Å². The summed E-state index contributed by atoms with van der Waals surface area (Å²) in [5.74, 6) is -0.302. The van der Waals surface area contributed by atoms with Crippen LogP contribution in [0.3, 0.4) is 0 Å². The van der Waals surface area contributed by atoms with E-state index in [1.807, 2.05) is 43.4 Å². The number of rotatable bonds is 4. The second-order valence-corrected chi connectivity index (χ2v) is 5.95. The number of benzene rings is 1. The van der Waals surface area contributed by atoms with Gasteiger partial charge in [-0.2, -0.15) is 10.2 Å². The molecule has 7 nitrogen and oxygen atoms in total. The molecule has 0 bridgehead atoms. The Kier molecular flexibility index (Phi) is 4.40. The lowest BCUT2D eigenvalue weighted by atomic mass is 10.0. The number of nitrogens with one attached hydrogen (secondary N) is 1. The van der Waals surface area contributed by atoms with E-state index in [1.165, 1.54) is 0 Å². The first-order chi connectivity index (χ1) is 13.2. The first-order valence-electron chi connectivity index (χ1n) is 8.33. The Labute approximate surface area is 155 Å². The summed E-state index contributed by atoms with van der Waals surface area (Å²) < 4.78 is 1.67. The van der Waals surface area contributed by atoms with Gasteiger partial charge in [0.2, 0.25) is 0 Å². The van der Waals surface area contributed by atoms with Gasteiger partial charge in [0.15, 0.2) is 0 Å². The minimum Gasteiger partial charge on any atom is -0.275 e. The second kappa shape index (κ2) is 7.17. The summed E-state index contributed by atoms with van der Waals surface area (Å²) in [6, 6.07) is 13.0. The summed E-state index contributed by atoms with van der Waals surface area (Å²) in [6.07, 6.45) is 8.42. The molecule has 0 saturated carbocycles. The van der Waals surface area contributed by atoms with Crippen LogP contribution in [0.5, 0.6) is 0 Å². The van der Waals surface area contributed by atoms with E-state index in [2.05, 4.69) is 25.6 Å². The van der Waals surface area contributed by atoms with Gasteiger partial charge in [-0.25, -0.2) is 10.4 Å². The molecule has 0 radical (unpaired) electrons. The van der Waals surface area contributed by atoms with E-state index < -0.39 is 0 Å². The zero-order valence-corrected chi connectivity index (χ0v) is 14.6. The third kappa shape index (κ3) is 3.57. The standard InChI is InChI=1S/C20H16N6O/c1-26-13-14(12-23-26)11-22-25-20(27)17-10-19(15-6-8-21-9-7-15)24-18-5-3-2-4-16(17)18/h2-13H,1H3,(H,25,27). The number of amides is 1. The summed E-state index contributed by atoms with van der Waals surface area (Å²) >= 11 is 0. The second-order valence-electron chi connectivity index (χ2n) is 5.95. The highest BCUT2D eigenvalue weighted by molar-refractivity contribution is 6.07. The molecule has 4 aromatic rings. The van der Waals surface area contributed by atoms with Crippen LogP contribution in [0.25, 0.3) is 22.2 Å². The van der Waals surface area contributed by atoms with Crippen LogP contribution in [0.4, 0.5) is 0 Å². The molecule has 7 heteroatoms. The molecule has 4 rings (SSSR count). The maximum absolute atomic E-state index is 12.8. The van der Waals surface area contributed by atoms with Crippen molar-refractivity contribution in [1.29, 1.82) is 0 Å². The van der Waals surface area contributed by atoms with Crippen molar-refractivity contribution in [2.45, 2.75) is 0 Å². The molecular weight excluding hydrogens is 340 g/mol. The molecule has 0 aliphatic rings. The number of carbonyl (C=O) groups is 1. The van der Waals surface area contributed by atoms with Crippen molar-refractivity contribution < 1.29 is 4.79 Å². The first-order valence-corrected chi connectivity index (χ1v) is 8.33. The van der Waals surface area contributed by atoms with E-state index in [1.54, 1.807) is 41.8 Å². The quantitative estimate of drug-likeness (QED) is 0.450. The van der Waals surface area contributed by atoms with Crippen LogP contribution in [0.2, 0.25) is 0 Å². The molecule has 0 spiro atoms. The van der Waals surface area contributed by atoms with Gasteiger partial charge in [-0.05, 0) is 24.3 Å². The average molecular weight is 356 g/mol. The largest absolute Gasteiger partial charge is 0.275 e. The molecule has 1 amide bonds. The Morgan fingerprint density at radius 1 is 1.19 bits per heavy atom. The fraction of sp³-hybridized carbons (Fsp3) is 0.0500. The molecule has 0 aliphatic carbocycles. The van der Waals surface area contributed by atoms with Crippen molar-refractivity contribution in [3.05, 3.63) is 78.4 Å². The zero-order valence-electron chi connectivity index (χ0n) is 14.6. The maximum Gasteiger partial charge on any atom is 0.272 e. The SMILES string of the molecule is Cn1cc(C=NNC(=O)c2cc(-c3ccncc3)nc3ccccc23)cn1. The molecule has 0 saturated heterocycles. The number of para-hydroxylation sites is 1. The van der Waals surface area contributed by atoms with Crippen LogP contribution in [-0.2, 0) is 7.05 Å². The summed E-state index contributed by atoms with van der Waals surface area (Å²) in [7, 11) is 1.82. The minimum atomic E-state index is -0.302. The number of hydrogen-bond donors (Lipinski definition) is 1. The number of aryl methyl sites for hydroxylation is 1. The van der Waals surface area contributed by atoms with Gasteiger partial charge in [-0.1, -0.05) is 18.2 Å². The molecular formula is C20H16N6O. The van der Waals surface area contributed by atoms with Crippen molar-refractivity contribution in [2.24, 2.45) is 12.1 Å². The number of hydrazone groups is 1. The van der Waals surface area contributed by atoms with E-state index in [-0.39, 0.29) is 5.91 Å². The Bertz CT molecular complexity index is 1130. The molecule has 0 atom stereocenters. The third-order valence-electron chi connectivity index (χ3n) is 4.04. The van der Waals surface area contributed by atoms with Gasteiger partial charge in [-0.3, -0.25) is 14.5 Å². The Morgan fingerprint density at radius 2 is 2.00 bits per heavy atom. The molecule has 3 aromatic heterocycles. The predicted octanol–water partition coefficient (Wildman–Crippen LogP) is 2.79. The third-order valence-corrected chi connectivity index (χ3v) is 4.04. The molecule has 1 aromatic carbocycles. The molecule has 27 heavy (non-hydrogen) atoms. The van der Waals surface area contributed by atoms with Gasteiger partial charge < -0.3 is 0 Å². The summed E-state index contributed by atoms with van der Waals surface area (Å²) in [4.78, 5) is 21.4. The predicted molar refractivity (Wildman–Crippen MR) is 103 cm³/mol. The highest BCUT2D eigenvalue weighted by Crippen LogP contribution is 2.24. The fourth-order valence-corrected chi connectivity index (χ4v) is 2.77. The molecule has 0 unspecified atom stereocenters. The van der Waals surface area contributed by atoms with E-state index in [4.69, 9.17) is 0 Å². The lowest BCUT2D eigenvalue weighted by molar-refractivity contribution is 0.0957. The molecule has 0 aliphatic heterocycles. The van der Waals surface area contributed by atoms with Crippen LogP contribution < -0.4 is 5.43 Å². The molecule has 0 fully saturated rings. The topological polar surface area (TPSA) is 85.1 Å². The van der Waals surface area contributed by atoms with Gasteiger partial charge in [0.05, 0.1) is 29.2 Å². The fourth-order valence-electron chi connectivity index (χ4n) is 2.77. The van der Waals surface area contributed by atoms with E-state index >= 15 is 0 Å². The Balaban J connectivity index is 1.69. The van der Waals surface area contributed by atoms with Gasteiger partial charge in [0.25, 0.3) is 5.91 Å². The number of hydrogen-bond acceptors (Lipinski definition) is 5. The zero-order chi connectivity index (χ0) is 18.6. The number of nitrogens with zero attached hydrogens (tertiary/aromatic N) is 5. The van der Waals surface area contributed by atoms with Crippen molar-refractivity contribution >= 4 is 23.0 Å². The van der Waals surface area contributed by atoms with Crippen LogP contribution in [0.1, 0.15) is 15.9 Å². The summed E-state index contributed by atoms with van der Waals surface area (Å²) in [5, 5.41) is 8.86. The molecule has 132 valence electrons. The monoisotopic (exact) mass is 356 g/mol. The van der Waals surface area contributed by atoms with E-state index in [0.29, 0.717) is 11.3 Å². The number of carbonyl (C=O) groups excluding carboxylic acids is 1. The lowest BCUT2D eigenvalue weighted by Crippen LogP contribution is -2.18. The lowest BCUT2D eigenvalue weighted by Gasteiger charge is -2.08. The van der Waals surface area contributed by atoms with Crippen LogP contribution >= 0.6 is 0 Å². The van der Waals surface area contributed by atoms with Crippen molar-refractivity contribution in [3.8, 4) is 11.3 Å². The van der Waals surface area contributed by atoms with E-state index in [9.17, 15) is 4.79 Å². The summed E-state index contributed by atoms with van der Waals surface area (Å²) in [6.45, 7) is 0. The molecule has 1 N–H and O–H groups in total. The maximum atomic E-state index is 12.8. The highest BCUT2D eigenvalue weighted by Gasteiger charge is 2.13. The van der Waals surface area contributed by atoms with E-state index in [0.717, 1.165) is 22.0 Å². The van der Waals surface area contributed by atoms with Crippen LogP contribution in [0.15, 0.2) is 72.4 Å². The van der Waals surface area contributed by atoms with Gasteiger partial charge in [0, 0.05) is 42.2 Å². The van der Waals surface area contributed by atoms with Gasteiger partial charge in [0.1, 0.15) is 0 Å². The van der Waals surface area contributed by atoms with Gasteiger partial charge in [-0.15, -0.1) is 0 Å². The first kappa shape index (κ1) is 16.6. The molecule has 3 heterocycles. The minimum absolute atomic E-state index is 0.302. The number of fused-ring (bicyclic) bond motifs is 1. The van der Waals surface area contributed by atoms with Gasteiger partial charge >= 0.3 is 0 Å². The van der Waals surface area contributed by atoms with Crippen molar-refractivity contribution in [1.82, 2.24) is 25.2 Å². The average Bonchev–Trinajstić information content (AvgIpc) is 3.12.